The fourth-order valence-corrected chi connectivity index (χ4v) is 4.29. The van der Waals surface area contributed by atoms with Gasteiger partial charge >= 0.3 is 5.97 Å². The van der Waals surface area contributed by atoms with Crippen LogP contribution in [0.15, 0.2) is 53.4 Å². The lowest BCUT2D eigenvalue weighted by molar-refractivity contribution is 0.0600. The van der Waals surface area contributed by atoms with Crippen LogP contribution < -0.4 is 4.90 Å². The number of hydrogen-bond donors (Lipinski definition) is 0. The van der Waals surface area contributed by atoms with E-state index >= 15 is 0 Å². The van der Waals surface area contributed by atoms with E-state index in [0.717, 1.165) is 24.3 Å². The van der Waals surface area contributed by atoms with E-state index in [9.17, 15) is 13.2 Å². The van der Waals surface area contributed by atoms with E-state index in [1.54, 1.807) is 7.05 Å². The van der Waals surface area contributed by atoms with Crippen LogP contribution in [0, 0.1) is 0 Å². The van der Waals surface area contributed by atoms with Gasteiger partial charge in [0.2, 0.25) is 10.0 Å². The van der Waals surface area contributed by atoms with Crippen molar-refractivity contribution in [1.82, 2.24) is 4.31 Å². The average Bonchev–Trinajstić information content (AvgIpc) is 2.74. The Morgan fingerprint density at radius 1 is 1.11 bits per heavy atom. The molecule has 1 aliphatic heterocycles. The monoisotopic (exact) mass is 404 g/mol. The Morgan fingerprint density at radius 3 is 2.39 bits per heavy atom. The first-order valence-electron chi connectivity index (χ1n) is 8.99. The van der Waals surface area contributed by atoms with E-state index in [2.05, 4.69) is 9.64 Å². The van der Waals surface area contributed by atoms with Crippen molar-refractivity contribution in [2.75, 3.05) is 45.4 Å². The third-order valence-corrected chi connectivity index (χ3v) is 6.54. The van der Waals surface area contributed by atoms with Crippen molar-refractivity contribution in [2.24, 2.45) is 0 Å². The van der Waals surface area contributed by atoms with Crippen LogP contribution >= 0.6 is 0 Å². The summed E-state index contributed by atoms with van der Waals surface area (Å²) < 4.78 is 37.3. The normalized spacial score (nSPS) is 14.9. The molecular formula is C20H24N2O5S. The summed E-state index contributed by atoms with van der Waals surface area (Å²) >= 11 is 0. The molecule has 2 aromatic carbocycles. The second-order valence-electron chi connectivity index (χ2n) is 6.51. The lowest BCUT2D eigenvalue weighted by Gasteiger charge is -2.31. The Kier molecular flexibility index (Phi) is 6.33. The number of carbonyl (C=O) groups is 1. The van der Waals surface area contributed by atoms with Crippen LogP contribution in [0.4, 0.5) is 5.69 Å². The van der Waals surface area contributed by atoms with E-state index in [0.29, 0.717) is 18.8 Å². The van der Waals surface area contributed by atoms with Gasteiger partial charge in [0.1, 0.15) is 0 Å². The van der Waals surface area contributed by atoms with Crippen LogP contribution in [-0.2, 0) is 26.0 Å². The Bertz CT molecular complexity index is 922. The maximum absolute atomic E-state index is 13.0. The highest BCUT2D eigenvalue weighted by Gasteiger charge is 2.23. The molecule has 1 fully saturated rings. The van der Waals surface area contributed by atoms with Crippen molar-refractivity contribution in [3.63, 3.8) is 0 Å². The van der Waals surface area contributed by atoms with Crippen molar-refractivity contribution >= 4 is 21.7 Å². The SMILES string of the molecule is COC(=O)c1ccc(S(=O)(=O)N(C)Cc2ccccc2N2CCOCC2)cc1. The molecule has 0 aromatic heterocycles. The fourth-order valence-electron chi connectivity index (χ4n) is 3.14. The van der Waals surface area contributed by atoms with Crippen molar-refractivity contribution in [3.8, 4) is 0 Å². The quantitative estimate of drug-likeness (QED) is 0.687. The summed E-state index contributed by atoms with van der Waals surface area (Å²) in [5.41, 5.74) is 2.26. The highest BCUT2D eigenvalue weighted by Crippen LogP contribution is 2.25. The molecule has 0 aliphatic carbocycles. The molecular weight excluding hydrogens is 380 g/mol. The van der Waals surface area contributed by atoms with E-state index in [4.69, 9.17) is 4.74 Å². The third kappa shape index (κ3) is 4.35. The van der Waals surface area contributed by atoms with Gasteiger partial charge in [0.25, 0.3) is 0 Å². The Labute approximate surface area is 165 Å². The van der Waals surface area contributed by atoms with Crippen molar-refractivity contribution in [3.05, 3.63) is 59.7 Å². The average molecular weight is 404 g/mol. The number of esters is 1. The molecule has 8 heteroatoms. The van der Waals surface area contributed by atoms with Crippen LogP contribution in [0.3, 0.4) is 0 Å². The lowest BCUT2D eigenvalue weighted by atomic mass is 10.1. The number of ether oxygens (including phenoxy) is 2. The molecule has 0 radical (unpaired) electrons. The number of anilines is 1. The summed E-state index contributed by atoms with van der Waals surface area (Å²) in [7, 11) is -0.856. The number of morpholine rings is 1. The van der Waals surface area contributed by atoms with E-state index in [1.807, 2.05) is 24.3 Å². The van der Waals surface area contributed by atoms with Crippen LogP contribution in [0.1, 0.15) is 15.9 Å². The third-order valence-electron chi connectivity index (χ3n) is 4.72. The Hall–Kier alpha value is -2.42. The molecule has 1 aliphatic rings. The second kappa shape index (κ2) is 8.72. The minimum Gasteiger partial charge on any atom is -0.465 e. The zero-order valence-electron chi connectivity index (χ0n) is 16.0. The lowest BCUT2D eigenvalue weighted by Crippen LogP contribution is -2.37. The molecule has 1 heterocycles. The highest BCUT2D eigenvalue weighted by molar-refractivity contribution is 7.89. The molecule has 2 aromatic rings. The molecule has 0 bridgehead atoms. The van der Waals surface area contributed by atoms with Gasteiger partial charge in [0.15, 0.2) is 0 Å². The summed E-state index contributed by atoms with van der Waals surface area (Å²) in [5.74, 6) is -0.503. The van der Waals surface area contributed by atoms with Gasteiger partial charge in [0.05, 0.1) is 30.8 Å². The first-order chi connectivity index (χ1) is 13.4. The van der Waals surface area contributed by atoms with E-state index < -0.39 is 16.0 Å². The van der Waals surface area contributed by atoms with E-state index in [1.165, 1.54) is 35.7 Å². The number of rotatable bonds is 6. The highest BCUT2D eigenvalue weighted by atomic mass is 32.2. The summed E-state index contributed by atoms with van der Waals surface area (Å²) in [4.78, 5) is 13.9. The van der Waals surface area contributed by atoms with Gasteiger partial charge in [-0.15, -0.1) is 0 Å². The van der Waals surface area contributed by atoms with Crippen LogP contribution in [0.5, 0.6) is 0 Å². The number of para-hydroxylation sites is 1. The maximum atomic E-state index is 13.0. The van der Waals surface area contributed by atoms with Crippen LogP contribution in [0.25, 0.3) is 0 Å². The molecule has 0 atom stereocenters. The summed E-state index contributed by atoms with van der Waals surface area (Å²) in [5, 5.41) is 0. The molecule has 0 saturated carbocycles. The zero-order valence-corrected chi connectivity index (χ0v) is 16.8. The Balaban J connectivity index is 1.80. The largest absolute Gasteiger partial charge is 0.465 e. The first kappa shape index (κ1) is 20.3. The van der Waals surface area contributed by atoms with Gasteiger partial charge in [-0.05, 0) is 35.9 Å². The molecule has 0 spiro atoms. The summed E-state index contributed by atoms with van der Waals surface area (Å²) in [6.45, 7) is 3.13. The Morgan fingerprint density at radius 2 is 1.75 bits per heavy atom. The van der Waals surface area contributed by atoms with Gasteiger partial charge in [0, 0.05) is 32.4 Å². The number of benzene rings is 2. The molecule has 0 unspecified atom stereocenters. The second-order valence-corrected chi connectivity index (χ2v) is 8.55. The molecule has 0 N–H and O–H groups in total. The fraction of sp³-hybridized carbons (Fsp3) is 0.350. The van der Waals surface area contributed by atoms with Crippen molar-refractivity contribution < 1.29 is 22.7 Å². The zero-order chi connectivity index (χ0) is 20.1. The summed E-state index contributed by atoms with van der Waals surface area (Å²) in [6.07, 6.45) is 0. The molecule has 1 saturated heterocycles. The number of carbonyl (C=O) groups excluding carboxylic acids is 1. The van der Waals surface area contributed by atoms with Gasteiger partial charge in [-0.2, -0.15) is 4.31 Å². The molecule has 150 valence electrons. The number of hydrogen-bond acceptors (Lipinski definition) is 6. The number of methoxy groups -OCH3 is 1. The molecule has 28 heavy (non-hydrogen) atoms. The van der Waals surface area contributed by atoms with Crippen molar-refractivity contribution in [2.45, 2.75) is 11.4 Å². The smallest absolute Gasteiger partial charge is 0.337 e. The molecule has 3 rings (SSSR count). The first-order valence-corrected chi connectivity index (χ1v) is 10.4. The van der Waals surface area contributed by atoms with Crippen molar-refractivity contribution in [1.29, 1.82) is 0 Å². The van der Waals surface area contributed by atoms with Crippen LogP contribution in [-0.4, -0.2) is 59.2 Å². The number of nitrogens with zero attached hydrogens (tertiary/aromatic N) is 2. The molecule has 0 amide bonds. The predicted molar refractivity (Wildman–Crippen MR) is 106 cm³/mol. The maximum Gasteiger partial charge on any atom is 0.337 e. The predicted octanol–water partition coefficient (Wildman–Crippen LogP) is 2.13. The van der Waals surface area contributed by atoms with Gasteiger partial charge in [-0.3, -0.25) is 0 Å². The van der Waals surface area contributed by atoms with Gasteiger partial charge in [-0.1, -0.05) is 18.2 Å². The van der Waals surface area contributed by atoms with Gasteiger partial charge < -0.3 is 14.4 Å². The minimum atomic E-state index is -3.70. The van der Waals surface area contributed by atoms with E-state index in [-0.39, 0.29) is 11.4 Å². The van der Waals surface area contributed by atoms with Gasteiger partial charge in [-0.25, -0.2) is 13.2 Å². The number of sulfonamides is 1. The van der Waals surface area contributed by atoms with Crippen LogP contribution in [0.2, 0.25) is 0 Å². The minimum absolute atomic E-state index is 0.131. The summed E-state index contributed by atoms with van der Waals surface area (Å²) in [6, 6.07) is 13.6. The molecule has 7 nitrogen and oxygen atoms in total. The standard InChI is InChI=1S/C20H24N2O5S/c1-21(28(24,25)18-9-7-16(8-10-18)20(23)26-2)15-17-5-3-4-6-19(17)22-11-13-27-14-12-22/h3-10H,11-15H2,1-2H3. The topological polar surface area (TPSA) is 76.2 Å².